The van der Waals surface area contributed by atoms with Crippen molar-refractivity contribution in [3.05, 3.63) is 35.4 Å². The number of hydrogen-bond acceptors (Lipinski definition) is 2. The second-order valence-corrected chi connectivity index (χ2v) is 5.36. The van der Waals surface area contributed by atoms with Gasteiger partial charge in [0.05, 0.1) is 0 Å². The SMILES string of the molecule is CCc1ccc(C(C)(NCC2CC2)C(N)=O)cc1. The van der Waals surface area contributed by atoms with E-state index in [0.717, 1.165) is 24.4 Å². The lowest BCUT2D eigenvalue weighted by Crippen LogP contribution is -2.51. The molecule has 1 saturated carbocycles. The third-order valence-corrected chi connectivity index (χ3v) is 3.87. The van der Waals surface area contributed by atoms with Gasteiger partial charge in [0, 0.05) is 0 Å². The molecule has 0 radical (unpaired) electrons. The van der Waals surface area contributed by atoms with Crippen LogP contribution in [0.2, 0.25) is 0 Å². The molecule has 0 saturated heterocycles. The molecule has 1 aliphatic rings. The number of nitrogens with one attached hydrogen (secondary N) is 1. The van der Waals surface area contributed by atoms with Crippen molar-refractivity contribution in [2.75, 3.05) is 6.54 Å². The molecule has 3 nitrogen and oxygen atoms in total. The fourth-order valence-corrected chi connectivity index (χ4v) is 2.08. The quantitative estimate of drug-likeness (QED) is 0.806. The molecule has 1 fully saturated rings. The van der Waals surface area contributed by atoms with Crippen LogP contribution in [-0.4, -0.2) is 12.5 Å². The van der Waals surface area contributed by atoms with Gasteiger partial charge in [-0.3, -0.25) is 10.1 Å². The lowest BCUT2D eigenvalue weighted by atomic mass is 9.90. The third kappa shape index (κ3) is 2.72. The highest BCUT2D eigenvalue weighted by molar-refractivity contribution is 5.85. The maximum Gasteiger partial charge on any atom is 0.242 e. The van der Waals surface area contributed by atoms with E-state index in [1.165, 1.54) is 18.4 Å². The molecule has 0 heterocycles. The number of primary amides is 1. The van der Waals surface area contributed by atoms with E-state index in [0.29, 0.717) is 0 Å². The van der Waals surface area contributed by atoms with E-state index < -0.39 is 5.54 Å². The molecule has 3 heteroatoms. The van der Waals surface area contributed by atoms with Crippen LogP contribution in [0.5, 0.6) is 0 Å². The van der Waals surface area contributed by atoms with Crippen molar-refractivity contribution in [1.29, 1.82) is 0 Å². The number of aryl methyl sites for hydroxylation is 1. The number of nitrogens with two attached hydrogens (primary N) is 1. The van der Waals surface area contributed by atoms with E-state index in [4.69, 9.17) is 5.73 Å². The van der Waals surface area contributed by atoms with Crippen LogP contribution in [0.4, 0.5) is 0 Å². The van der Waals surface area contributed by atoms with Gasteiger partial charge in [-0.1, -0.05) is 31.2 Å². The van der Waals surface area contributed by atoms with E-state index in [1.807, 2.05) is 19.1 Å². The number of carbonyl (C=O) groups is 1. The van der Waals surface area contributed by atoms with Gasteiger partial charge >= 0.3 is 0 Å². The maximum atomic E-state index is 11.8. The zero-order valence-electron chi connectivity index (χ0n) is 11.2. The first-order valence-corrected chi connectivity index (χ1v) is 6.70. The molecule has 2 rings (SSSR count). The summed E-state index contributed by atoms with van der Waals surface area (Å²) in [5.41, 5.74) is 7.05. The average Bonchev–Trinajstić information content (AvgIpc) is 3.20. The van der Waals surface area contributed by atoms with Gasteiger partial charge < -0.3 is 5.73 Å². The first-order valence-electron chi connectivity index (χ1n) is 6.70. The molecule has 1 aromatic carbocycles. The molecule has 0 bridgehead atoms. The summed E-state index contributed by atoms with van der Waals surface area (Å²) >= 11 is 0. The van der Waals surface area contributed by atoms with Crippen LogP contribution in [0.1, 0.15) is 37.8 Å². The number of rotatable bonds is 6. The van der Waals surface area contributed by atoms with Gasteiger partial charge in [0.2, 0.25) is 5.91 Å². The highest BCUT2D eigenvalue weighted by Gasteiger charge is 2.34. The summed E-state index contributed by atoms with van der Waals surface area (Å²) in [6.45, 7) is 4.86. The lowest BCUT2D eigenvalue weighted by Gasteiger charge is -2.28. The number of benzene rings is 1. The maximum absolute atomic E-state index is 11.8. The molecule has 1 aromatic rings. The zero-order chi connectivity index (χ0) is 13.2. The predicted molar refractivity (Wildman–Crippen MR) is 73.1 cm³/mol. The summed E-state index contributed by atoms with van der Waals surface area (Å²) in [7, 11) is 0. The molecule has 0 spiro atoms. The van der Waals surface area contributed by atoms with Gasteiger partial charge in [-0.15, -0.1) is 0 Å². The third-order valence-electron chi connectivity index (χ3n) is 3.87. The molecule has 1 unspecified atom stereocenters. The lowest BCUT2D eigenvalue weighted by molar-refractivity contribution is -0.124. The van der Waals surface area contributed by atoms with Crippen molar-refractivity contribution in [2.24, 2.45) is 11.7 Å². The van der Waals surface area contributed by atoms with Gasteiger partial charge in [0.15, 0.2) is 0 Å². The number of amides is 1. The van der Waals surface area contributed by atoms with Crippen molar-refractivity contribution in [1.82, 2.24) is 5.32 Å². The van der Waals surface area contributed by atoms with Gasteiger partial charge in [-0.2, -0.15) is 0 Å². The molecular weight excluding hydrogens is 224 g/mol. The minimum absolute atomic E-state index is 0.313. The highest BCUT2D eigenvalue weighted by Crippen LogP contribution is 2.30. The van der Waals surface area contributed by atoms with Crippen molar-refractivity contribution >= 4 is 5.91 Å². The number of hydrogen-bond donors (Lipinski definition) is 2. The van der Waals surface area contributed by atoms with Gasteiger partial charge in [0.1, 0.15) is 5.54 Å². The molecule has 98 valence electrons. The summed E-state index contributed by atoms with van der Waals surface area (Å²) in [4.78, 5) is 11.8. The molecule has 1 atom stereocenters. The fraction of sp³-hybridized carbons (Fsp3) is 0.533. The minimum Gasteiger partial charge on any atom is -0.368 e. The van der Waals surface area contributed by atoms with E-state index >= 15 is 0 Å². The Balaban J connectivity index is 2.17. The van der Waals surface area contributed by atoms with Crippen LogP contribution in [0, 0.1) is 5.92 Å². The van der Waals surface area contributed by atoms with Gasteiger partial charge in [-0.25, -0.2) is 0 Å². The average molecular weight is 246 g/mol. The van der Waals surface area contributed by atoms with Crippen LogP contribution in [-0.2, 0) is 16.8 Å². The normalized spacial score (nSPS) is 18.3. The van der Waals surface area contributed by atoms with Crippen LogP contribution in [0.15, 0.2) is 24.3 Å². The molecule has 1 amide bonds. The summed E-state index contributed by atoms with van der Waals surface area (Å²) in [6, 6.07) is 8.14. The standard InChI is InChI=1S/C15H22N2O/c1-3-11-6-8-13(9-7-11)15(2,14(16)18)17-10-12-4-5-12/h6-9,12,17H,3-5,10H2,1-2H3,(H2,16,18). The van der Waals surface area contributed by atoms with Gasteiger partial charge in [-0.05, 0) is 49.8 Å². The van der Waals surface area contributed by atoms with Crippen LogP contribution in [0.25, 0.3) is 0 Å². The second-order valence-electron chi connectivity index (χ2n) is 5.36. The second kappa shape index (κ2) is 5.11. The van der Waals surface area contributed by atoms with Crippen molar-refractivity contribution < 1.29 is 4.79 Å². The van der Waals surface area contributed by atoms with Crippen molar-refractivity contribution in [2.45, 2.75) is 38.6 Å². The summed E-state index contributed by atoms with van der Waals surface area (Å²) in [5.74, 6) is 0.408. The van der Waals surface area contributed by atoms with Gasteiger partial charge in [0.25, 0.3) is 0 Å². The smallest absolute Gasteiger partial charge is 0.242 e. The highest BCUT2D eigenvalue weighted by atomic mass is 16.1. The minimum atomic E-state index is -0.755. The van der Waals surface area contributed by atoms with Crippen LogP contribution in [0.3, 0.4) is 0 Å². The Kier molecular flexibility index (Phi) is 3.71. The van der Waals surface area contributed by atoms with E-state index in [9.17, 15) is 4.79 Å². The fourth-order valence-electron chi connectivity index (χ4n) is 2.08. The van der Waals surface area contributed by atoms with Crippen molar-refractivity contribution in [3.8, 4) is 0 Å². The zero-order valence-corrected chi connectivity index (χ0v) is 11.2. The van der Waals surface area contributed by atoms with Crippen LogP contribution >= 0.6 is 0 Å². The Morgan fingerprint density at radius 2 is 2.00 bits per heavy atom. The predicted octanol–water partition coefficient (Wildman–Crippen LogP) is 1.95. The van der Waals surface area contributed by atoms with E-state index in [-0.39, 0.29) is 5.91 Å². The number of carbonyl (C=O) groups excluding carboxylic acids is 1. The van der Waals surface area contributed by atoms with Crippen molar-refractivity contribution in [3.63, 3.8) is 0 Å². The Hall–Kier alpha value is -1.35. The molecule has 0 aromatic heterocycles. The molecule has 3 N–H and O–H groups in total. The summed E-state index contributed by atoms with van der Waals surface area (Å²) < 4.78 is 0. The summed E-state index contributed by atoms with van der Waals surface area (Å²) in [6.07, 6.45) is 3.52. The largest absolute Gasteiger partial charge is 0.368 e. The topological polar surface area (TPSA) is 55.1 Å². The monoisotopic (exact) mass is 246 g/mol. The Bertz CT molecular complexity index is 423. The molecular formula is C15H22N2O. The Morgan fingerprint density at radius 1 is 1.39 bits per heavy atom. The van der Waals surface area contributed by atoms with E-state index in [2.05, 4.69) is 24.4 Å². The first kappa shape index (κ1) is 13.1. The molecule has 18 heavy (non-hydrogen) atoms. The summed E-state index contributed by atoms with van der Waals surface area (Å²) in [5, 5.41) is 3.34. The molecule has 0 aliphatic heterocycles. The van der Waals surface area contributed by atoms with E-state index in [1.54, 1.807) is 0 Å². The Morgan fingerprint density at radius 3 is 2.44 bits per heavy atom. The first-order chi connectivity index (χ1) is 8.56. The van der Waals surface area contributed by atoms with Crippen LogP contribution < -0.4 is 11.1 Å². The Labute approximate surface area is 109 Å². The molecule has 1 aliphatic carbocycles.